The molecule has 21 heavy (non-hydrogen) atoms. The second kappa shape index (κ2) is 6.36. The summed E-state index contributed by atoms with van der Waals surface area (Å²) in [5.41, 5.74) is 1.30. The van der Waals surface area contributed by atoms with Gasteiger partial charge in [-0.1, -0.05) is 11.6 Å². The molecule has 1 heterocycles. The first kappa shape index (κ1) is 15.0. The van der Waals surface area contributed by atoms with Gasteiger partial charge in [-0.25, -0.2) is 0 Å². The Hall–Kier alpha value is -2.41. The van der Waals surface area contributed by atoms with Crippen LogP contribution in [0.4, 0.5) is 11.4 Å². The summed E-state index contributed by atoms with van der Waals surface area (Å²) in [4.78, 5) is 21.8. The molecule has 1 N–H and O–H groups in total. The van der Waals surface area contributed by atoms with Crippen molar-refractivity contribution in [3.8, 4) is 0 Å². The van der Waals surface area contributed by atoms with Crippen LogP contribution in [0.3, 0.4) is 0 Å². The van der Waals surface area contributed by atoms with Crippen LogP contribution >= 0.6 is 11.6 Å². The van der Waals surface area contributed by atoms with E-state index in [1.807, 2.05) is 6.92 Å². The molecule has 2 rings (SSSR count). The number of anilines is 1. The number of nitro benzene ring substituents is 1. The van der Waals surface area contributed by atoms with Crippen LogP contribution in [0.5, 0.6) is 0 Å². The van der Waals surface area contributed by atoms with E-state index in [2.05, 4.69) is 10.4 Å². The summed E-state index contributed by atoms with van der Waals surface area (Å²) in [5.74, 6) is -0.199. The monoisotopic (exact) mass is 308 g/mol. The van der Waals surface area contributed by atoms with Crippen LogP contribution in [-0.4, -0.2) is 20.6 Å². The molecule has 0 unspecified atom stereocenters. The third-order valence-electron chi connectivity index (χ3n) is 2.96. The number of halogens is 1. The topological polar surface area (TPSA) is 90.1 Å². The van der Waals surface area contributed by atoms with Crippen molar-refractivity contribution >= 4 is 28.9 Å². The minimum absolute atomic E-state index is 0.0187. The molecule has 0 aliphatic carbocycles. The van der Waals surface area contributed by atoms with Gasteiger partial charge in [-0.2, -0.15) is 5.10 Å². The van der Waals surface area contributed by atoms with Gasteiger partial charge < -0.3 is 5.32 Å². The van der Waals surface area contributed by atoms with Gasteiger partial charge in [0.15, 0.2) is 0 Å². The average molecular weight is 309 g/mol. The number of nitro groups is 1. The van der Waals surface area contributed by atoms with E-state index in [0.29, 0.717) is 17.3 Å². The summed E-state index contributed by atoms with van der Waals surface area (Å²) in [5, 5.41) is 17.8. The van der Waals surface area contributed by atoms with Gasteiger partial charge in [0, 0.05) is 24.2 Å². The summed E-state index contributed by atoms with van der Waals surface area (Å²) in [6, 6.07) is 5.66. The Morgan fingerprint density at radius 3 is 2.62 bits per heavy atom. The predicted octanol–water partition coefficient (Wildman–Crippen LogP) is 2.78. The maximum absolute atomic E-state index is 11.8. The van der Waals surface area contributed by atoms with Crippen LogP contribution in [0.1, 0.15) is 12.1 Å². The third-order valence-corrected chi connectivity index (χ3v) is 3.33. The largest absolute Gasteiger partial charge is 0.326 e. The number of carbonyl (C=O) groups excluding carboxylic acids is 1. The summed E-state index contributed by atoms with van der Waals surface area (Å²) in [7, 11) is 0. The maximum atomic E-state index is 11.8. The Morgan fingerprint density at radius 2 is 2.10 bits per heavy atom. The number of hydrogen-bond acceptors (Lipinski definition) is 4. The number of aromatic nitrogens is 2. The smallest absolute Gasteiger partial charge is 0.269 e. The molecule has 8 heteroatoms. The van der Waals surface area contributed by atoms with Crippen LogP contribution in [0.15, 0.2) is 30.5 Å². The number of hydrogen-bond donors (Lipinski definition) is 1. The minimum Gasteiger partial charge on any atom is -0.326 e. The molecule has 0 atom stereocenters. The van der Waals surface area contributed by atoms with Crippen molar-refractivity contribution in [1.82, 2.24) is 9.78 Å². The Bertz CT molecular complexity index is 667. The number of non-ortho nitro benzene ring substituents is 1. The highest BCUT2D eigenvalue weighted by atomic mass is 35.5. The molecule has 0 aliphatic heterocycles. The van der Waals surface area contributed by atoms with Gasteiger partial charge in [-0.3, -0.25) is 19.6 Å². The fraction of sp³-hybridized carbons (Fsp3) is 0.231. The Balaban J connectivity index is 1.89. The molecule has 0 radical (unpaired) electrons. The molecule has 0 bridgehead atoms. The number of aryl methyl sites for hydroxylation is 1. The molecule has 0 spiro atoms. The molecule has 0 fully saturated rings. The molecule has 110 valence electrons. The van der Waals surface area contributed by atoms with Gasteiger partial charge in [-0.15, -0.1) is 0 Å². The normalized spacial score (nSPS) is 10.4. The lowest BCUT2D eigenvalue weighted by Gasteiger charge is -2.06. The first-order chi connectivity index (χ1) is 9.97. The van der Waals surface area contributed by atoms with Gasteiger partial charge in [0.25, 0.3) is 5.69 Å². The molecule has 0 aliphatic rings. The van der Waals surface area contributed by atoms with E-state index in [9.17, 15) is 14.9 Å². The molecule has 0 saturated heterocycles. The number of carbonyl (C=O) groups is 1. The highest BCUT2D eigenvalue weighted by Gasteiger charge is 2.08. The third kappa shape index (κ3) is 3.79. The number of rotatable bonds is 5. The van der Waals surface area contributed by atoms with Crippen molar-refractivity contribution in [1.29, 1.82) is 0 Å². The van der Waals surface area contributed by atoms with Crippen molar-refractivity contribution in [3.63, 3.8) is 0 Å². The van der Waals surface area contributed by atoms with Crippen molar-refractivity contribution in [2.24, 2.45) is 0 Å². The Labute approximate surface area is 125 Å². The summed E-state index contributed by atoms with van der Waals surface area (Å²) < 4.78 is 1.65. The van der Waals surface area contributed by atoms with E-state index in [-0.39, 0.29) is 18.0 Å². The highest BCUT2D eigenvalue weighted by molar-refractivity contribution is 6.31. The average Bonchev–Trinajstić information content (AvgIpc) is 2.77. The molecular formula is C13H13ClN4O3. The van der Waals surface area contributed by atoms with Gasteiger partial charge in [0.2, 0.25) is 5.91 Å². The predicted molar refractivity (Wildman–Crippen MR) is 78.3 cm³/mol. The van der Waals surface area contributed by atoms with Gasteiger partial charge >= 0.3 is 0 Å². The number of benzene rings is 1. The number of nitrogens with one attached hydrogen (secondary N) is 1. The molecule has 1 aromatic carbocycles. The second-order valence-electron chi connectivity index (χ2n) is 4.40. The lowest BCUT2D eigenvalue weighted by atomic mass is 10.2. The van der Waals surface area contributed by atoms with E-state index < -0.39 is 4.92 Å². The van der Waals surface area contributed by atoms with Gasteiger partial charge in [0.1, 0.15) is 0 Å². The minimum atomic E-state index is -0.490. The zero-order valence-electron chi connectivity index (χ0n) is 11.2. The van der Waals surface area contributed by atoms with Gasteiger partial charge in [-0.05, 0) is 19.1 Å². The van der Waals surface area contributed by atoms with Crippen LogP contribution in [-0.2, 0) is 11.3 Å². The summed E-state index contributed by atoms with van der Waals surface area (Å²) >= 11 is 5.88. The Morgan fingerprint density at radius 1 is 1.43 bits per heavy atom. The van der Waals surface area contributed by atoms with E-state index in [4.69, 9.17) is 11.6 Å². The molecule has 7 nitrogen and oxygen atoms in total. The number of amides is 1. The van der Waals surface area contributed by atoms with Crippen LogP contribution in [0.25, 0.3) is 0 Å². The SMILES string of the molecule is Cc1c(Cl)cnn1CCC(=O)Nc1ccc([N+](=O)[O-])cc1. The van der Waals surface area contributed by atoms with Crippen molar-refractivity contribution in [2.75, 3.05) is 5.32 Å². The summed E-state index contributed by atoms with van der Waals surface area (Å²) in [6.45, 7) is 2.24. The van der Waals surface area contributed by atoms with E-state index >= 15 is 0 Å². The maximum Gasteiger partial charge on any atom is 0.269 e. The molecule has 1 amide bonds. The fourth-order valence-electron chi connectivity index (χ4n) is 1.75. The lowest BCUT2D eigenvalue weighted by Crippen LogP contribution is -2.15. The first-order valence-electron chi connectivity index (χ1n) is 6.19. The van der Waals surface area contributed by atoms with E-state index in [1.165, 1.54) is 30.5 Å². The van der Waals surface area contributed by atoms with Crippen LogP contribution in [0, 0.1) is 17.0 Å². The highest BCUT2D eigenvalue weighted by Crippen LogP contribution is 2.16. The van der Waals surface area contributed by atoms with Gasteiger partial charge in [0.05, 0.1) is 28.4 Å². The molecular weight excluding hydrogens is 296 g/mol. The molecule has 2 aromatic rings. The zero-order chi connectivity index (χ0) is 15.4. The lowest BCUT2D eigenvalue weighted by molar-refractivity contribution is -0.384. The van der Waals surface area contributed by atoms with Crippen LogP contribution < -0.4 is 5.32 Å². The van der Waals surface area contributed by atoms with E-state index in [1.54, 1.807) is 4.68 Å². The summed E-state index contributed by atoms with van der Waals surface area (Å²) in [6.07, 6.45) is 1.76. The quantitative estimate of drug-likeness (QED) is 0.679. The number of nitrogens with zero attached hydrogens (tertiary/aromatic N) is 3. The second-order valence-corrected chi connectivity index (χ2v) is 4.81. The van der Waals surface area contributed by atoms with Crippen molar-refractivity contribution in [2.45, 2.75) is 19.9 Å². The van der Waals surface area contributed by atoms with Crippen LogP contribution in [0.2, 0.25) is 5.02 Å². The molecule has 1 aromatic heterocycles. The van der Waals surface area contributed by atoms with Crippen molar-refractivity contribution in [3.05, 3.63) is 51.3 Å². The zero-order valence-corrected chi connectivity index (χ0v) is 12.0. The van der Waals surface area contributed by atoms with E-state index in [0.717, 1.165) is 5.69 Å². The Kier molecular flexibility index (Phi) is 4.54. The van der Waals surface area contributed by atoms with Crippen molar-refractivity contribution < 1.29 is 9.72 Å². The first-order valence-corrected chi connectivity index (χ1v) is 6.57. The fourth-order valence-corrected chi connectivity index (χ4v) is 1.89. The standard InChI is InChI=1S/C13H13ClN4O3/c1-9-12(14)8-15-17(9)7-6-13(19)16-10-2-4-11(5-3-10)18(20)21/h2-5,8H,6-7H2,1H3,(H,16,19). The molecule has 0 saturated carbocycles.